The second-order valence-corrected chi connectivity index (χ2v) is 10.0. The summed E-state index contributed by atoms with van der Waals surface area (Å²) in [6.45, 7) is 4.10. The number of carbonyl (C=O) groups is 2. The molecule has 0 aromatic heterocycles. The van der Waals surface area contributed by atoms with Crippen molar-refractivity contribution in [1.29, 1.82) is 0 Å². The van der Waals surface area contributed by atoms with E-state index < -0.39 is 27.4 Å². The first-order valence-electron chi connectivity index (χ1n) is 10.4. The molecule has 1 fully saturated rings. The van der Waals surface area contributed by atoms with Crippen LogP contribution in [0.1, 0.15) is 25.0 Å². The molecule has 2 amide bonds. The van der Waals surface area contributed by atoms with E-state index in [9.17, 15) is 18.0 Å². The Morgan fingerprint density at radius 3 is 2.34 bits per heavy atom. The van der Waals surface area contributed by atoms with Gasteiger partial charge in [0.2, 0.25) is 21.8 Å². The van der Waals surface area contributed by atoms with Gasteiger partial charge in [0.15, 0.2) is 0 Å². The van der Waals surface area contributed by atoms with Crippen LogP contribution in [0.5, 0.6) is 5.75 Å². The van der Waals surface area contributed by atoms with Gasteiger partial charge >= 0.3 is 0 Å². The number of piperazine rings is 1. The van der Waals surface area contributed by atoms with Crippen LogP contribution in [-0.4, -0.2) is 60.9 Å². The van der Waals surface area contributed by atoms with Crippen molar-refractivity contribution < 1.29 is 22.7 Å². The van der Waals surface area contributed by atoms with Gasteiger partial charge in [-0.05, 0) is 37.1 Å². The summed E-state index contributed by atoms with van der Waals surface area (Å²) in [5.74, 6) is -0.116. The number of sulfonamides is 1. The van der Waals surface area contributed by atoms with E-state index in [2.05, 4.69) is 5.32 Å². The highest BCUT2D eigenvalue weighted by Crippen LogP contribution is 2.27. The fraction of sp³-hybridized carbons (Fsp3) is 0.391. The number of carbonyl (C=O) groups excluding carboxylic acids is 2. The molecule has 2 aromatic rings. The van der Waals surface area contributed by atoms with Crippen LogP contribution in [-0.2, 0) is 32.7 Å². The van der Waals surface area contributed by atoms with Crippen molar-refractivity contribution in [3.05, 3.63) is 65.7 Å². The van der Waals surface area contributed by atoms with Gasteiger partial charge in [-0.25, -0.2) is 8.42 Å². The molecule has 1 unspecified atom stereocenters. The monoisotopic (exact) mass is 459 g/mol. The Hall–Kier alpha value is -2.91. The Kier molecular flexibility index (Phi) is 7.20. The Bertz CT molecular complexity index is 1060. The van der Waals surface area contributed by atoms with Gasteiger partial charge in [0.1, 0.15) is 11.3 Å². The molecule has 1 N–H and O–H groups in total. The minimum atomic E-state index is -3.65. The molecular formula is C23H29N3O5S. The SMILES string of the molecule is CCOc1ccc(CN2C(=O)CN(S(C)(=O)=O)CC2(C)C(=O)NCc2ccccc2)cc1. The average Bonchev–Trinajstić information content (AvgIpc) is 2.76. The molecule has 2 aromatic carbocycles. The van der Waals surface area contributed by atoms with Crippen molar-refractivity contribution in [2.24, 2.45) is 0 Å². The summed E-state index contributed by atoms with van der Waals surface area (Å²) in [5.41, 5.74) is 0.354. The van der Waals surface area contributed by atoms with Crippen LogP contribution < -0.4 is 10.1 Å². The maximum absolute atomic E-state index is 13.3. The molecule has 9 heteroatoms. The first kappa shape index (κ1) is 23.7. The van der Waals surface area contributed by atoms with E-state index in [0.29, 0.717) is 12.4 Å². The number of amides is 2. The van der Waals surface area contributed by atoms with Crippen molar-refractivity contribution in [1.82, 2.24) is 14.5 Å². The number of ether oxygens (including phenoxy) is 1. The lowest BCUT2D eigenvalue weighted by Crippen LogP contribution is -2.69. The molecule has 0 radical (unpaired) electrons. The molecule has 1 heterocycles. The van der Waals surface area contributed by atoms with Crippen LogP contribution in [0, 0.1) is 0 Å². The van der Waals surface area contributed by atoms with E-state index in [-0.39, 0.29) is 26.2 Å². The van der Waals surface area contributed by atoms with E-state index in [4.69, 9.17) is 4.74 Å². The highest BCUT2D eigenvalue weighted by Gasteiger charge is 2.49. The van der Waals surface area contributed by atoms with Gasteiger partial charge in [0, 0.05) is 19.6 Å². The van der Waals surface area contributed by atoms with Crippen LogP contribution in [0.2, 0.25) is 0 Å². The zero-order valence-electron chi connectivity index (χ0n) is 18.6. The molecule has 8 nitrogen and oxygen atoms in total. The van der Waals surface area contributed by atoms with Gasteiger partial charge in [0.25, 0.3) is 0 Å². The molecule has 0 bridgehead atoms. The fourth-order valence-electron chi connectivity index (χ4n) is 3.70. The van der Waals surface area contributed by atoms with Crippen molar-refractivity contribution in [2.75, 3.05) is 26.0 Å². The number of hydrogen-bond donors (Lipinski definition) is 1. The minimum Gasteiger partial charge on any atom is -0.494 e. The highest BCUT2D eigenvalue weighted by atomic mass is 32.2. The molecule has 1 aliphatic rings. The van der Waals surface area contributed by atoms with E-state index in [1.165, 1.54) is 4.90 Å². The summed E-state index contributed by atoms with van der Waals surface area (Å²) in [6.07, 6.45) is 1.05. The standard InChI is InChI=1S/C23H29N3O5S/c1-4-31-20-12-10-19(11-13-20)15-26-21(27)16-25(32(3,29)30)17-23(26,2)22(28)24-14-18-8-6-5-7-9-18/h5-13H,4,14-17H2,1-3H3,(H,24,28). The largest absolute Gasteiger partial charge is 0.494 e. The molecule has 32 heavy (non-hydrogen) atoms. The van der Waals surface area contributed by atoms with Crippen molar-refractivity contribution in [3.63, 3.8) is 0 Å². The molecule has 0 spiro atoms. The second-order valence-electron chi connectivity index (χ2n) is 8.03. The van der Waals surface area contributed by atoms with Gasteiger partial charge in [0.05, 0.1) is 19.4 Å². The predicted molar refractivity (Wildman–Crippen MR) is 121 cm³/mol. The summed E-state index contributed by atoms with van der Waals surface area (Å²) in [5, 5.41) is 2.87. The summed E-state index contributed by atoms with van der Waals surface area (Å²) >= 11 is 0. The number of nitrogens with one attached hydrogen (secondary N) is 1. The van der Waals surface area contributed by atoms with E-state index in [1.54, 1.807) is 6.92 Å². The lowest BCUT2D eigenvalue weighted by Gasteiger charge is -2.46. The molecule has 0 saturated carbocycles. The van der Waals surface area contributed by atoms with Gasteiger partial charge < -0.3 is 15.0 Å². The van der Waals surface area contributed by atoms with E-state index in [1.807, 2.05) is 61.5 Å². The van der Waals surface area contributed by atoms with Gasteiger partial charge in [-0.15, -0.1) is 0 Å². The lowest BCUT2D eigenvalue weighted by atomic mass is 9.94. The van der Waals surface area contributed by atoms with Gasteiger partial charge in [-0.2, -0.15) is 4.31 Å². The Balaban J connectivity index is 1.86. The fourth-order valence-corrected chi connectivity index (χ4v) is 4.53. The zero-order valence-corrected chi connectivity index (χ0v) is 19.4. The molecule has 1 aliphatic heterocycles. The normalized spacial score (nSPS) is 19.6. The van der Waals surface area contributed by atoms with E-state index >= 15 is 0 Å². The third-order valence-electron chi connectivity index (χ3n) is 5.52. The number of rotatable bonds is 8. The molecular weight excluding hydrogens is 430 g/mol. The van der Waals surface area contributed by atoms with Crippen molar-refractivity contribution in [2.45, 2.75) is 32.5 Å². The van der Waals surface area contributed by atoms with Crippen LogP contribution >= 0.6 is 0 Å². The lowest BCUT2D eigenvalue weighted by molar-refractivity contribution is -0.153. The van der Waals surface area contributed by atoms with Crippen molar-refractivity contribution >= 4 is 21.8 Å². The van der Waals surface area contributed by atoms with Gasteiger partial charge in [-0.3, -0.25) is 9.59 Å². The number of benzene rings is 2. The summed E-state index contributed by atoms with van der Waals surface area (Å²) in [7, 11) is -3.65. The minimum absolute atomic E-state index is 0.116. The summed E-state index contributed by atoms with van der Waals surface area (Å²) < 4.78 is 30.9. The van der Waals surface area contributed by atoms with Crippen LogP contribution in [0.25, 0.3) is 0 Å². The first-order chi connectivity index (χ1) is 15.1. The van der Waals surface area contributed by atoms with Gasteiger partial charge in [-0.1, -0.05) is 42.5 Å². The first-order valence-corrected chi connectivity index (χ1v) is 12.3. The second kappa shape index (κ2) is 9.70. The maximum atomic E-state index is 13.3. The Labute approximate surface area is 189 Å². The van der Waals surface area contributed by atoms with Crippen LogP contribution in [0.3, 0.4) is 0 Å². The third kappa shape index (κ3) is 5.46. The maximum Gasteiger partial charge on any atom is 0.247 e. The average molecular weight is 460 g/mol. The third-order valence-corrected chi connectivity index (χ3v) is 6.72. The quantitative estimate of drug-likeness (QED) is 0.649. The number of nitrogens with zero attached hydrogens (tertiary/aromatic N) is 2. The van der Waals surface area contributed by atoms with E-state index in [0.717, 1.165) is 21.7 Å². The molecule has 1 atom stereocenters. The topological polar surface area (TPSA) is 96.0 Å². The zero-order chi connectivity index (χ0) is 23.4. The molecule has 1 saturated heterocycles. The Morgan fingerprint density at radius 1 is 1.09 bits per heavy atom. The summed E-state index contributed by atoms with van der Waals surface area (Å²) in [4.78, 5) is 27.8. The molecule has 172 valence electrons. The smallest absolute Gasteiger partial charge is 0.247 e. The summed E-state index contributed by atoms with van der Waals surface area (Å²) in [6, 6.07) is 16.7. The number of hydrogen-bond acceptors (Lipinski definition) is 5. The van der Waals surface area contributed by atoms with Crippen molar-refractivity contribution in [3.8, 4) is 5.75 Å². The molecule has 0 aliphatic carbocycles. The molecule has 3 rings (SSSR count). The van der Waals surface area contributed by atoms with Crippen LogP contribution in [0.4, 0.5) is 0 Å². The Morgan fingerprint density at radius 2 is 1.75 bits per heavy atom. The van der Waals surface area contributed by atoms with Crippen LogP contribution in [0.15, 0.2) is 54.6 Å². The predicted octanol–water partition coefficient (Wildman–Crippen LogP) is 1.76. The highest BCUT2D eigenvalue weighted by molar-refractivity contribution is 7.88.